The van der Waals surface area contributed by atoms with Crippen LogP contribution in [0.4, 0.5) is 0 Å². The second-order valence-corrected chi connectivity index (χ2v) is 7.97. The minimum atomic E-state index is -0.645. The van der Waals surface area contributed by atoms with Gasteiger partial charge < -0.3 is 18.3 Å². The molecule has 0 bridgehead atoms. The largest absolute Gasteiger partial charge is 0.497 e. The van der Waals surface area contributed by atoms with E-state index in [1.54, 1.807) is 61.7 Å². The molecular weight excluding hydrogens is 476 g/mol. The normalized spacial score (nSPS) is 11.1. The van der Waals surface area contributed by atoms with Gasteiger partial charge in [0.1, 0.15) is 22.7 Å². The second-order valence-electron chi connectivity index (χ2n) is 7.06. The van der Waals surface area contributed by atoms with Crippen molar-refractivity contribution in [3.8, 4) is 22.6 Å². The number of fused-ring (bicyclic) bond motifs is 2. The molecule has 32 heavy (non-hydrogen) atoms. The average molecular weight is 491 g/mol. The number of esters is 1. The predicted octanol–water partition coefficient (Wildman–Crippen LogP) is 6.20. The molecule has 0 aliphatic rings. The third kappa shape index (κ3) is 3.78. The predicted molar refractivity (Wildman–Crippen MR) is 123 cm³/mol. The van der Waals surface area contributed by atoms with Crippen molar-refractivity contribution >= 4 is 43.8 Å². The van der Waals surface area contributed by atoms with Gasteiger partial charge >= 0.3 is 11.6 Å². The summed E-state index contributed by atoms with van der Waals surface area (Å²) in [7, 11) is 1.58. The standard InChI is InChI=1S/C25H15BrO6/c1-29-18-6-2-14(3-7-18)20-11-15-4-8-19(13-22(15)32-24(20)27)30-25(28)23-12-16-10-17(26)5-9-21(16)31-23/h2-13H,1H3. The third-order valence-corrected chi connectivity index (χ3v) is 5.49. The number of carbonyl (C=O) groups is 1. The van der Waals surface area contributed by atoms with Gasteiger partial charge in [-0.05, 0) is 60.2 Å². The summed E-state index contributed by atoms with van der Waals surface area (Å²) in [6.07, 6.45) is 0. The Labute approximate surface area is 190 Å². The van der Waals surface area contributed by atoms with Gasteiger partial charge in [0, 0.05) is 21.3 Å². The highest BCUT2D eigenvalue weighted by Gasteiger charge is 2.16. The Hall–Kier alpha value is -3.84. The zero-order valence-electron chi connectivity index (χ0n) is 16.8. The summed E-state index contributed by atoms with van der Waals surface area (Å²) < 4.78 is 22.5. The van der Waals surface area contributed by atoms with Crippen molar-refractivity contribution in [2.24, 2.45) is 0 Å². The molecule has 0 unspecified atom stereocenters. The van der Waals surface area contributed by atoms with Crippen LogP contribution < -0.4 is 15.1 Å². The van der Waals surface area contributed by atoms with Gasteiger partial charge in [-0.3, -0.25) is 0 Å². The van der Waals surface area contributed by atoms with Gasteiger partial charge in [0.2, 0.25) is 5.76 Å². The van der Waals surface area contributed by atoms with E-state index >= 15 is 0 Å². The maximum Gasteiger partial charge on any atom is 0.379 e. The minimum Gasteiger partial charge on any atom is -0.497 e. The van der Waals surface area contributed by atoms with Crippen LogP contribution in [0.15, 0.2) is 90.9 Å². The summed E-state index contributed by atoms with van der Waals surface area (Å²) >= 11 is 3.39. The van der Waals surface area contributed by atoms with E-state index in [9.17, 15) is 9.59 Å². The number of hydrogen-bond donors (Lipinski definition) is 0. The average Bonchev–Trinajstić information content (AvgIpc) is 3.22. The summed E-state index contributed by atoms with van der Waals surface area (Å²) in [6, 6.07) is 20.8. The van der Waals surface area contributed by atoms with Crippen molar-refractivity contribution in [1.82, 2.24) is 0 Å². The van der Waals surface area contributed by atoms with E-state index < -0.39 is 11.6 Å². The highest BCUT2D eigenvalue weighted by molar-refractivity contribution is 9.10. The van der Waals surface area contributed by atoms with Gasteiger partial charge in [-0.2, -0.15) is 0 Å². The van der Waals surface area contributed by atoms with Crippen LogP contribution in [0.3, 0.4) is 0 Å². The van der Waals surface area contributed by atoms with Gasteiger partial charge in [0.05, 0.1) is 12.7 Å². The number of hydrogen-bond acceptors (Lipinski definition) is 6. The molecule has 2 aromatic heterocycles. The van der Waals surface area contributed by atoms with Gasteiger partial charge in [-0.15, -0.1) is 0 Å². The molecule has 3 aromatic carbocycles. The van der Waals surface area contributed by atoms with Crippen LogP contribution in [-0.2, 0) is 0 Å². The quantitative estimate of drug-likeness (QED) is 0.169. The first kappa shape index (κ1) is 20.1. The van der Waals surface area contributed by atoms with Crippen LogP contribution in [0.1, 0.15) is 10.6 Å². The molecular formula is C25H15BrO6. The maximum absolute atomic E-state index is 12.5. The van der Waals surface area contributed by atoms with Gasteiger partial charge in [0.25, 0.3) is 0 Å². The number of ether oxygens (including phenoxy) is 2. The third-order valence-electron chi connectivity index (χ3n) is 5.00. The van der Waals surface area contributed by atoms with Crippen LogP contribution >= 0.6 is 15.9 Å². The molecule has 0 aliphatic carbocycles. The number of methoxy groups -OCH3 is 1. The number of furan rings is 1. The molecule has 0 amide bonds. The van der Waals surface area contributed by atoms with Gasteiger partial charge in [-0.1, -0.05) is 28.1 Å². The fraction of sp³-hybridized carbons (Fsp3) is 0.0400. The Morgan fingerprint density at radius 2 is 1.59 bits per heavy atom. The molecule has 0 spiro atoms. The molecule has 5 rings (SSSR count). The number of rotatable bonds is 4. The maximum atomic E-state index is 12.5. The van der Waals surface area contributed by atoms with E-state index in [1.165, 1.54) is 6.07 Å². The Balaban J connectivity index is 1.43. The summed E-state index contributed by atoms with van der Waals surface area (Å²) in [5, 5.41) is 1.48. The molecule has 158 valence electrons. The van der Waals surface area contributed by atoms with Crippen LogP contribution in [-0.4, -0.2) is 13.1 Å². The fourth-order valence-electron chi connectivity index (χ4n) is 3.40. The highest BCUT2D eigenvalue weighted by atomic mass is 79.9. The van der Waals surface area contributed by atoms with Crippen molar-refractivity contribution < 1.29 is 23.1 Å². The Kier molecular flexibility index (Phi) is 5.03. The fourth-order valence-corrected chi connectivity index (χ4v) is 3.78. The summed E-state index contributed by atoms with van der Waals surface area (Å²) in [6.45, 7) is 0. The van der Waals surface area contributed by atoms with E-state index in [2.05, 4.69) is 15.9 Å². The molecule has 7 heteroatoms. The lowest BCUT2D eigenvalue weighted by atomic mass is 10.1. The van der Waals surface area contributed by atoms with E-state index in [-0.39, 0.29) is 11.5 Å². The van der Waals surface area contributed by atoms with Crippen molar-refractivity contribution in [2.75, 3.05) is 7.11 Å². The van der Waals surface area contributed by atoms with Crippen LogP contribution in [0.2, 0.25) is 0 Å². The summed E-state index contributed by atoms with van der Waals surface area (Å²) in [4.78, 5) is 25.1. The van der Waals surface area contributed by atoms with Crippen molar-refractivity contribution in [2.45, 2.75) is 0 Å². The Morgan fingerprint density at radius 3 is 2.38 bits per heavy atom. The van der Waals surface area contributed by atoms with E-state index in [0.717, 1.165) is 9.86 Å². The first-order chi connectivity index (χ1) is 15.5. The SMILES string of the molecule is COc1ccc(-c2cc3ccc(OC(=O)c4cc5cc(Br)ccc5o4)cc3oc2=O)cc1. The molecule has 0 saturated heterocycles. The zero-order chi connectivity index (χ0) is 22.2. The molecule has 0 radical (unpaired) electrons. The van der Waals surface area contributed by atoms with E-state index in [1.807, 2.05) is 12.1 Å². The minimum absolute atomic E-state index is 0.0782. The Bertz CT molecular complexity index is 1530. The molecule has 0 fully saturated rings. The summed E-state index contributed by atoms with van der Waals surface area (Å²) in [5.41, 5.74) is 1.54. The lowest BCUT2D eigenvalue weighted by molar-refractivity contribution is 0.0704. The lowest BCUT2D eigenvalue weighted by Gasteiger charge is -2.06. The van der Waals surface area contributed by atoms with E-state index in [4.69, 9.17) is 18.3 Å². The second kappa shape index (κ2) is 8.01. The highest BCUT2D eigenvalue weighted by Crippen LogP contribution is 2.27. The van der Waals surface area contributed by atoms with Crippen molar-refractivity contribution in [3.63, 3.8) is 0 Å². The monoisotopic (exact) mass is 490 g/mol. The van der Waals surface area contributed by atoms with Crippen LogP contribution in [0, 0.1) is 0 Å². The smallest absolute Gasteiger partial charge is 0.379 e. The Morgan fingerprint density at radius 1 is 0.812 bits per heavy atom. The van der Waals surface area contributed by atoms with E-state index in [0.29, 0.717) is 33.4 Å². The van der Waals surface area contributed by atoms with Gasteiger partial charge in [0.15, 0.2) is 0 Å². The summed E-state index contributed by atoms with van der Waals surface area (Å²) in [5.74, 6) is 0.371. The number of halogens is 1. The number of carbonyl (C=O) groups excluding carboxylic acids is 1. The molecule has 0 saturated carbocycles. The molecule has 0 atom stereocenters. The lowest BCUT2D eigenvalue weighted by Crippen LogP contribution is -2.07. The van der Waals surface area contributed by atoms with Crippen molar-refractivity contribution in [3.05, 3.63) is 93.4 Å². The van der Waals surface area contributed by atoms with Crippen LogP contribution in [0.25, 0.3) is 33.1 Å². The topological polar surface area (TPSA) is 78.9 Å². The molecule has 6 nitrogen and oxygen atoms in total. The number of benzene rings is 3. The van der Waals surface area contributed by atoms with Crippen molar-refractivity contribution in [1.29, 1.82) is 0 Å². The zero-order valence-corrected chi connectivity index (χ0v) is 18.3. The molecule has 0 N–H and O–H groups in total. The van der Waals surface area contributed by atoms with Crippen LogP contribution in [0.5, 0.6) is 11.5 Å². The molecule has 5 aromatic rings. The molecule has 0 aliphatic heterocycles. The first-order valence-electron chi connectivity index (χ1n) is 9.64. The first-order valence-corrected chi connectivity index (χ1v) is 10.4. The molecule has 2 heterocycles. The van der Waals surface area contributed by atoms with Gasteiger partial charge in [-0.25, -0.2) is 9.59 Å².